The Balaban J connectivity index is 1.72. The second-order valence-corrected chi connectivity index (χ2v) is 10.8. The molecule has 2 aromatic heterocycles. The van der Waals surface area contributed by atoms with E-state index in [0.29, 0.717) is 56.8 Å². The van der Waals surface area contributed by atoms with E-state index < -0.39 is 0 Å². The lowest BCUT2D eigenvalue weighted by atomic mass is 9.98. The zero-order valence-electron chi connectivity index (χ0n) is 24.8. The summed E-state index contributed by atoms with van der Waals surface area (Å²) in [5, 5.41) is 6.43. The van der Waals surface area contributed by atoms with Crippen molar-refractivity contribution in [3.8, 4) is 45.4 Å². The molecule has 2 amide bonds. The number of amides is 2. The van der Waals surface area contributed by atoms with E-state index in [1.165, 1.54) is 14.2 Å². The number of carbonyl (C=O) groups is 2. The first-order valence-corrected chi connectivity index (χ1v) is 14.6. The van der Waals surface area contributed by atoms with Crippen LogP contribution in [0.1, 0.15) is 34.6 Å². The number of rotatable bonds is 11. The molecule has 0 saturated heterocycles. The molecule has 44 heavy (non-hydrogen) atoms. The summed E-state index contributed by atoms with van der Waals surface area (Å²) in [6.07, 6.45) is 0. The number of nitrogens with one attached hydrogen (secondary N) is 2. The van der Waals surface area contributed by atoms with Crippen molar-refractivity contribution in [3.05, 3.63) is 81.8 Å². The predicted molar refractivity (Wildman–Crippen MR) is 173 cm³/mol. The molecule has 6 N–H and O–H groups in total. The predicted octanol–water partition coefficient (Wildman–Crippen LogP) is 4.96. The SMILES string of the molecule is COc1nc(-c2cccc(-c3cccc(-c4ccc(C(=O)N[C@H](C)CN)c(OC)n4)c3Cl)c2Cl)ccc1C(=O)N[C@H](C)CN. The third-order valence-electron chi connectivity index (χ3n) is 6.90. The summed E-state index contributed by atoms with van der Waals surface area (Å²) in [6, 6.07) is 17.3. The normalized spacial score (nSPS) is 12.3. The lowest BCUT2D eigenvalue weighted by Gasteiger charge is -2.16. The van der Waals surface area contributed by atoms with Crippen LogP contribution in [0, 0.1) is 0 Å². The number of aromatic nitrogens is 2. The van der Waals surface area contributed by atoms with Crippen molar-refractivity contribution in [2.45, 2.75) is 25.9 Å². The van der Waals surface area contributed by atoms with Crippen molar-refractivity contribution in [3.63, 3.8) is 0 Å². The highest BCUT2D eigenvalue weighted by atomic mass is 35.5. The topological polar surface area (TPSA) is 154 Å². The van der Waals surface area contributed by atoms with Gasteiger partial charge in [0.05, 0.1) is 35.7 Å². The van der Waals surface area contributed by atoms with E-state index in [0.717, 1.165) is 0 Å². The van der Waals surface area contributed by atoms with Gasteiger partial charge < -0.3 is 31.6 Å². The highest BCUT2D eigenvalue weighted by molar-refractivity contribution is 6.39. The fourth-order valence-electron chi connectivity index (χ4n) is 4.43. The van der Waals surface area contributed by atoms with Gasteiger partial charge in [-0.1, -0.05) is 59.6 Å². The zero-order valence-corrected chi connectivity index (χ0v) is 26.3. The number of ether oxygens (including phenoxy) is 2. The molecule has 2 heterocycles. The van der Waals surface area contributed by atoms with Crippen LogP contribution in [-0.4, -0.2) is 61.2 Å². The van der Waals surface area contributed by atoms with Crippen molar-refractivity contribution in [1.29, 1.82) is 0 Å². The van der Waals surface area contributed by atoms with E-state index in [-0.39, 0.29) is 46.8 Å². The first kappa shape index (κ1) is 32.7. The summed E-state index contributed by atoms with van der Waals surface area (Å²) >= 11 is 13.9. The maximum atomic E-state index is 12.7. The number of halogens is 2. The molecule has 0 unspecified atom stereocenters. The van der Waals surface area contributed by atoms with Gasteiger partial charge >= 0.3 is 0 Å². The Hall–Kier alpha value is -4.22. The summed E-state index contributed by atoms with van der Waals surface area (Å²) < 4.78 is 10.9. The van der Waals surface area contributed by atoms with E-state index in [9.17, 15) is 9.59 Å². The monoisotopic (exact) mass is 636 g/mol. The van der Waals surface area contributed by atoms with Gasteiger partial charge in [-0.05, 0) is 38.1 Å². The number of methoxy groups -OCH3 is 2. The van der Waals surface area contributed by atoms with E-state index >= 15 is 0 Å². The van der Waals surface area contributed by atoms with Crippen LogP contribution >= 0.6 is 23.2 Å². The molecule has 4 rings (SSSR count). The van der Waals surface area contributed by atoms with Crippen LogP contribution in [0.25, 0.3) is 33.6 Å². The molecule has 4 aromatic rings. The Morgan fingerprint density at radius 1 is 0.682 bits per heavy atom. The second kappa shape index (κ2) is 14.5. The number of nitrogens with zero attached hydrogens (tertiary/aromatic N) is 2. The van der Waals surface area contributed by atoms with Gasteiger partial charge in [0.2, 0.25) is 11.8 Å². The van der Waals surface area contributed by atoms with Gasteiger partial charge in [-0.25, -0.2) is 9.97 Å². The molecule has 0 aliphatic carbocycles. The quantitative estimate of drug-likeness (QED) is 0.180. The third-order valence-corrected chi connectivity index (χ3v) is 7.71. The molecule has 0 spiro atoms. The lowest BCUT2D eigenvalue weighted by Crippen LogP contribution is -2.38. The molecular formula is C32H34Cl2N6O4. The maximum absolute atomic E-state index is 12.7. The molecule has 2 atom stereocenters. The molecule has 0 bridgehead atoms. The van der Waals surface area contributed by atoms with Gasteiger partial charge in [-0.15, -0.1) is 0 Å². The fraction of sp³-hybridized carbons (Fsp3) is 0.250. The fourth-order valence-corrected chi connectivity index (χ4v) is 5.08. The first-order valence-electron chi connectivity index (χ1n) is 13.8. The average Bonchev–Trinajstić information content (AvgIpc) is 3.04. The summed E-state index contributed by atoms with van der Waals surface area (Å²) in [5.41, 5.74) is 15.4. The highest BCUT2D eigenvalue weighted by Gasteiger charge is 2.21. The Labute approximate surface area is 266 Å². The van der Waals surface area contributed by atoms with Gasteiger partial charge in [0.15, 0.2) is 0 Å². The number of carbonyl (C=O) groups excluding carboxylic acids is 2. The number of hydrogen-bond acceptors (Lipinski definition) is 8. The largest absolute Gasteiger partial charge is 0.480 e. The number of nitrogens with two attached hydrogens (primary N) is 2. The van der Waals surface area contributed by atoms with Gasteiger partial charge in [0.1, 0.15) is 11.1 Å². The van der Waals surface area contributed by atoms with Crippen LogP contribution in [0.15, 0.2) is 60.7 Å². The number of pyridine rings is 2. The van der Waals surface area contributed by atoms with Crippen molar-refractivity contribution >= 4 is 35.0 Å². The minimum Gasteiger partial charge on any atom is -0.480 e. The molecule has 12 heteroatoms. The summed E-state index contributed by atoms with van der Waals surface area (Å²) in [4.78, 5) is 34.6. The van der Waals surface area contributed by atoms with Crippen LogP contribution in [0.2, 0.25) is 10.0 Å². The van der Waals surface area contributed by atoms with Gasteiger partial charge in [0, 0.05) is 47.4 Å². The lowest BCUT2D eigenvalue weighted by molar-refractivity contribution is 0.0928. The van der Waals surface area contributed by atoms with Crippen molar-refractivity contribution < 1.29 is 19.1 Å². The Bertz CT molecular complexity index is 1560. The third kappa shape index (κ3) is 6.95. The Kier molecular flexibility index (Phi) is 10.8. The molecule has 0 fully saturated rings. The van der Waals surface area contributed by atoms with Crippen LogP contribution in [0.4, 0.5) is 0 Å². The Morgan fingerprint density at radius 2 is 1.05 bits per heavy atom. The van der Waals surface area contributed by atoms with Crippen molar-refractivity contribution in [2.75, 3.05) is 27.3 Å². The number of benzene rings is 2. The standard InChI is InChI=1S/C32H34Cl2N6O4/c1-17(15-35)37-29(41)23-11-13-25(39-31(23)43-3)21-9-5-7-19(27(21)33)20-8-6-10-22(28(20)34)26-14-12-24(32(40-26)44-4)30(42)38-18(2)16-36/h5-14,17-18H,15-16,35-36H2,1-4H3,(H,37,41)(H,38,42)/t17-,18-/m1/s1. The molecule has 230 valence electrons. The van der Waals surface area contributed by atoms with E-state index in [4.69, 9.17) is 44.1 Å². The molecule has 2 aromatic carbocycles. The zero-order chi connectivity index (χ0) is 32.0. The van der Waals surface area contributed by atoms with E-state index in [1.807, 2.05) is 50.2 Å². The van der Waals surface area contributed by atoms with Crippen LogP contribution in [-0.2, 0) is 0 Å². The first-order chi connectivity index (χ1) is 21.1. The van der Waals surface area contributed by atoms with E-state index in [1.54, 1.807) is 24.3 Å². The van der Waals surface area contributed by atoms with Gasteiger partial charge in [-0.3, -0.25) is 9.59 Å². The average molecular weight is 638 g/mol. The van der Waals surface area contributed by atoms with Crippen LogP contribution in [0.3, 0.4) is 0 Å². The number of hydrogen-bond donors (Lipinski definition) is 4. The van der Waals surface area contributed by atoms with Crippen LogP contribution in [0.5, 0.6) is 11.8 Å². The molecule has 0 aliphatic heterocycles. The smallest absolute Gasteiger partial charge is 0.257 e. The Morgan fingerprint density at radius 3 is 1.39 bits per heavy atom. The minimum absolute atomic E-state index is 0.153. The highest BCUT2D eigenvalue weighted by Crippen LogP contribution is 2.42. The van der Waals surface area contributed by atoms with Gasteiger partial charge in [-0.2, -0.15) is 0 Å². The molecule has 0 saturated carbocycles. The van der Waals surface area contributed by atoms with Crippen molar-refractivity contribution in [1.82, 2.24) is 20.6 Å². The minimum atomic E-state index is -0.341. The maximum Gasteiger partial charge on any atom is 0.257 e. The molecule has 0 aliphatic rings. The summed E-state index contributed by atoms with van der Waals surface area (Å²) in [5.74, 6) is -0.377. The van der Waals surface area contributed by atoms with Crippen molar-refractivity contribution in [2.24, 2.45) is 11.5 Å². The van der Waals surface area contributed by atoms with Crippen LogP contribution < -0.4 is 31.6 Å². The molecule has 10 nitrogen and oxygen atoms in total. The summed E-state index contributed by atoms with van der Waals surface area (Å²) in [7, 11) is 2.89. The second-order valence-electron chi connectivity index (χ2n) is 10.1. The van der Waals surface area contributed by atoms with E-state index in [2.05, 4.69) is 20.6 Å². The van der Waals surface area contributed by atoms with Gasteiger partial charge in [0.25, 0.3) is 11.8 Å². The molecule has 0 radical (unpaired) electrons. The molecular weight excluding hydrogens is 603 g/mol. The summed E-state index contributed by atoms with van der Waals surface area (Å²) in [6.45, 7) is 4.21.